The van der Waals surface area contributed by atoms with Crippen LogP contribution in [0.3, 0.4) is 0 Å². The Kier molecular flexibility index (Phi) is 7.18. The first-order valence-corrected chi connectivity index (χ1v) is 8.53. The molecule has 0 aliphatic rings. The number of ether oxygens (including phenoxy) is 1. The maximum atomic E-state index is 8.74. The lowest BCUT2D eigenvalue weighted by atomic mass is 10.1. The van der Waals surface area contributed by atoms with E-state index in [-0.39, 0.29) is 12.2 Å². The molecule has 0 amide bonds. The number of hydrogen-bond acceptors (Lipinski definition) is 5. The lowest BCUT2D eigenvalue weighted by molar-refractivity contribution is 0.00666. The molecule has 8 heteroatoms. The van der Waals surface area contributed by atoms with Gasteiger partial charge in [-0.2, -0.15) is 8.42 Å². The molecular formula is C16H22N2O5S. The third-order valence-corrected chi connectivity index (χ3v) is 3.28. The first-order chi connectivity index (χ1) is 11.1. The van der Waals surface area contributed by atoms with E-state index >= 15 is 0 Å². The third kappa shape index (κ3) is 6.97. The predicted molar refractivity (Wildman–Crippen MR) is 93.8 cm³/mol. The number of hydrogen-bond donors (Lipinski definition) is 4. The average Bonchev–Trinajstić information content (AvgIpc) is 2.46. The average molecular weight is 354 g/mol. The number of anilines is 2. The molecule has 2 rings (SSSR count). The van der Waals surface area contributed by atoms with E-state index in [1.807, 2.05) is 62.4 Å². The monoisotopic (exact) mass is 354 g/mol. The van der Waals surface area contributed by atoms with Gasteiger partial charge < -0.3 is 16.2 Å². The molecular weight excluding hydrogens is 332 g/mol. The molecule has 0 fully saturated rings. The number of nitrogens with two attached hydrogens (primary N) is 2. The molecule has 0 aromatic heterocycles. The van der Waals surface area contributed by atoms with E-state index in [1.54, 1.807) is 0 Å². The lowest BCUT2D eigenvalue weighted by Crippen LogP contribution is -2.08. The van der Waals surface area contributed by atoms with Crippen molar-refractivity contribution in [1.82, 2.24) is 0 Å². The standard InChI is InChI=1S/C16H20N2O.H2O4S/c1-11(13-7-3-5-9-15(13)17)19-12(2)14-8-4-6-10-16(14)18;1-5(2,3)4/h3-12H,17-18H2,1-2H3;(H2,1,2,3,4). The molecule has 0 radical (unpaired) electrons. The second-order valence-corrected chi connectivity index (χ2v) is 6.02. The molecule has 2 atom stereocenters. The SMILES string of the molecule is CC(OC(C)c1ccccc1N)c1ccccc1N.O=S(=O)(O)O. The summed E-state index contributed by atoms with van der Waals surface area (Å²) >= 11 is 0. The van der Waals surface area contributed by atoms with Gasteiger partial charge in [0, 0.05) is 22.5 Å². The van der Waals surface area contributed by atoms with Gasteiger partial charge >= 0.3 is 10.4 Å². The zero-order valence-corrected chi connectivity index (χ0v) is 14.3. The molecule has 24 heavy (non-hydrogen) atoms. The molecule has 0 bridgehead atoms. The fraction of sp³-hybridized carbons (Fsp3) is 0.250. The van der Waals surface area contributed by atoms with Gasteiger partial charge in [-0.3, -0.25) is 9.11 Å². The van der Waals surface area contributed by atoms with Gasteiger partial charge in [0.15, 0.2) is 0 Å². The van der Waals surface area contributed by atoms with Crippen LogP contribution in [0, 0.1) is 0 Å². The highest BCUT2D eigenvalue weighted by atomic mass is 32.3. The van der Waals surface area contributed by atoms with Crippen molar-refractivity contribution < 1.29 is 22.3 Å². The van der Waals surface area contributed by atoms with E-state index < -0.39 is 10.4 Å². The quantitative estimate of drug-likeness (QED) is 0.489. The topological polar surface area (TPSA) is 136 Å². The zero-order chi connectivity index (χ0) is 18.3. The Bertz CT molecular complexity index is 707. The predicted octanol–water partition coefficient (Wildman–Crippen LogP) is 3.04. The largest absolute Gasteiger partial charge is 0.398 e. The molecule has 132 valence electrons. The Morgan fingerprint density at radius 1 is 0.833 bits per heavy atom. The van der Waals surface area contributed by atoms with E-state index in [0.29, 0.717) is 0 Å². The van der Waals surface area contributed by atoms with Crippen molar-refractivity contribution >= 4 is 21.8 Å². The summed E-state index contributed by atoms with van der Waals surface area (Å²) in [5.74, 6) is 0. The van der Waals surface area contributed by atoms with Gasteiger partial charge in [0.25, 0.3) is 0 Å². The summed E-state index contributed by atoms with van der Waals surface area (Å²) in [4.78, 5) is 0. The van der Waals surface area contributed by atoms with Crippen LogP contribution in [-0.4, -0.2) is 17.5 Å². The van der Waals surface area contributed by atoms with E-state index in [0.717, 1.165) is 22.5 Å². The Morgan fingerprint density at radius 2 is 1.12 bits per heavy atom. The highest BCUT2D eigenvalue weighted by molar-refractivity contribution is 7.79. The van der Waals surface area contributed by atoms with E-state index in [2.05, 4.69) is 0 Å². The van der Waals surface area contributed by atoms with E-state index in [9.17, 15) is 0 Å². The fourth-order valence-corrected chi connectivity index (χ4v) is 2.22. The molecule has 0 heterocycles. The van der Waals surface area contributed by atoms with Crippen molar-refractivity contribution in [2.24, 2.45) is 0 Å². The molecule has 2 aromatic carbocycles. The molecule has 0 saturated heterocycles. The normalized spacial score (nSPS) is 13.5. The van der Waals surface area contributed by atoms with Crippen molar-refractivity contribution in [3.05, 3.63) is 59.7 Å². The van der Waals surface area contributed by atoms with Gasteiger partial charge in [0.05, 0.1) is 12.2 Å². The van der Waals surface area contributed by atoms with Crippen LogP contribution >= 0.6 is 0 Å². The Balaban J connectivity index is 0.000000505. The van der Waals surface area contributed by atoms with Crippen LogP contribution in [0.4, 0.5) is 11.4 Å². The highest BCUT2D eigenvalue weighted by Gasteiger charge is 2.15. The lowest BCUT2D eigenvalue weighted by Gasteiger charge is -2.22. The molecule has 7 nitrogen and oxygen atoms in total. The molecule has 0 saturated carbocycles. The van der Waals surface area contributed by atoms with Crippen molar-refractivity contribution in [3.63, 3.8) is 0 Å². The first kappa shape index (κ1) is 19.9. The minimum Gasteiger partial charge on any atom is -0.398 e. The fourth-order valence-electron chi connectivity index (χ4n) is 2.22. The Hall–Kier alpha value is -2.13. The summed E-state index contributed by atoms with van der Waals surface area (Å²) in [6, 6.07) is 15.5. The van der Waals surface area contributed by atoms with Crippen LogP contribution in [0.5, 0.6) is 0 Å². The molecule has 0 spiro atoms. The van der Waals surface area contributed by atoms with E-state index in [1.165, 1.54) is 0 Å². The van der Waals surface area contributed by atoms with Gasteiger partial charge in [0.1, 0.15) is 0 Å². The highest BCUT2D eigenvalue weighted by Crippen LogP contribution is 2.31. The number of benzene rings is 2. The van der Waals surface area contributed by atoms with Crippen LogP contribution in [0.2, 0.25) is 0 Å². The molecule has 0 aliphatic heterocycles. The molecule has 2 unspecified atom stereocenters. The van der Waals surface area contributed by atoms with Gasteiger partial charge in [-0.15, -0.1) is 0 Å². The van der Waals surface area contributed by atoms with Crippen LogP contribution in [0.25, 0.3) is 0 Å². The summed E-state index contributed by atoms with van der Waals surface area (Å²) < 4.78 is 37.6. The summed E-state index contributed by atoms with van der Waals surface area (Å²) in [7, 11) is -4.67. The van der Waals surface area contributed by atoms with Crippen molar-refractivity contribution in [1.29, 1.82) is 0 Å². The summed E-state index contributed by atoms with van der Waals surface area (Å²) in [6.07, 6.45) is -0.147. The number of para-hydroxylation sites is 2. The number of nitrogen functional groups attached to an aromatic ring is 2. The van der Waals surface area contributed by atoms with Gasteiger partial charge in [-0.05, 0) is 26.0 Å². The smallest absolute Gasteiger partial charge is 0.394 e. The van der Waals surface area contributed by atoms with Crippen LogP contribution in [0.15, 0.2) is 48.5 Å². The number of rotatable bonds is 4. The van der Waals surface area contributed by atoms with Gasteiger partial charge in [-0.1, -0.05) is 36.4 Å². The minimum atomic E-state index is -4.67. The third-order valence-electron chi connectivity index (χ3n) is 3.28. The van der Waals surface area contributed by atoms with Gasteiger partial charge in [0.2, 0.25) is 0 Å². The van der Waals surface area contributed by atoms with Crippen molar-refractivity contribution in [3.8, 4) is 0 Å². The Morgan fingerprint density at radius 3 is 1.42 bits per heavy atom. The Labute approximate surface area is 141 Å². The first-order valence-electron chi connectivity index (χ1n) is 7.13. The van der Waals surface area contributed by atoms with Crippen LogP contribution in [0.1, 0.15) is 37.2 Å². The summed E-state index contributed by atoms with van der Waals surface area (Å²) in [5, 5.41) is 0. The van der Waals surface area contributed by atoms with Crippen molar-refractivity contribution in [2.45, 2.75) is 26.1 Å². The molecule has 0 aliphatic carbocycles. The molecule has 6 N–H and O–H groups in total. The second kappa shape index (κ2) is 8.65. The minimum absolute atomic E-state index is 0.0733. The summed E-state index contributed by atoms with van der Waals surface area (Å²) in [5.41, 5.74) is 15.4. The van der Waals surface area contributed by atoms with Crippen LogP contribution in [-0.2, 0) is 15.1 Å². The maximum Gasteiger partial charge on any atom is 0.394 e. The molecule has 2 aromatic rings. The second-order valence-electron chi connectivity index (χ2n) is 5.13. The van der Waals surface area contributed by atoms with Gasteiger partial charge in [-0.25, -0.2) is 0 Å². The zero-order valence-electron chi connectivity index (χ0n) is 13.5. The van der Waals surface area contributed by atoms with Crippen molar-refractivity contribution in [2.75, 3.05) is 11.5 Å². The van der Waals surface area contributed by atoms with E-state index in [4.69, 9.17) is 33.7 Å². The van der Waals surface area contributed by atoms with Crippen LogP contribution < -0.4 is 11.5 Å². The summed E-state index contributed by atoms with van der Waals surface area (Å²) in [6.45, 7) is 4.00. The maximum absolute atomic E-state index is 8.74.